The molecule has 0 aromatic heterocycles. The third kappa shape index (κ3) is 5.28. The maximum Gasteiger partial charge on any atom is 0.223 e. The SMILES string of the molecule is CC[C@@H](NC(=O)C1CCN(S(C)(=O)=O)CC1)c1ccc(S(C)(=O)=O)cc1. The Kier molecular flexibility index (Phi) is 6.46. The van der Waals surface area contributed by atoms with E-state index in [2.05, 4.69) is 5.32 Å². The minimum atomic E-state index is -3.25. The fraction of sp³-hybridized carbons (Fsp3) is 0.588. The lowest BCUT2D eigenvalue weighted by atomic mass is 9.96. The zero-order valence-corrected chi connectivity index (χ0v) is 16.9. The number of sulfonamides is 1. The van der Waals surface area contributed by atoms with Crippen molar-refractivity contribution in [2.24, 2.45) is 5.92 Å². The number of hydrogen-bond acceptors (Lipinski definition) is 5. The second-order valence-electron chi connectivity index (χ2n) is 6.75. The molecular weight excluding hydrogens is 376 g/mol. The van der Waals surface area contributed by atoms with Crippen molar-refractivity contribution in [3.63, 3.8) is 0 Å². The Balaban J connectivity index is 2.01. The lowest BCUT2D eigenvalue weighted by molar-refractivity contribution is -0.126. The monoisotopic (exact) mass is 402 g/mol. The van der Waals surface area contributed by atoms with Gasteiger partial charge in [-0.2, -0.15) is 0 Å². The normalized spacial score (nSPS) is 18.4. The van der Waals surface area contributed by atoms with E-state index in [9.17, 15) is 21.6 Å². The smallest absolute Gasteiger partial charge is 0.223 e. The Bertz CT molecular complexity index is 840. The summed E-state index contributed by atoms with van der Waals surface area (Å²) in [5, 5.41) is 3.01. The summed E-state index contributed by atoms with van der Waals surface area (Å²) in [6, 6.07) is 6.33. The van der Waals surface area contributed by atoms with E-state index in [0.717, 1.165) is 11.8 Å². The minimum absolute atomic E-state index is 0.0859. The van der Waals surface area contributed by atoms with Gasteiger partial charge in [-0.15, -0.1) is 0 Å². The van der Waals surface area contributed by atoms with Gasteiger partial charge in [0.15, 0.2) is 9.84 Å². The van der Waals surface area contributed by atoms with Crippen molar-refractivity contribution >= 4 is 25.8 Å². The molecule has 0 spiro atoms. The van der Waals surface area contributed by atoms with Crippen LogP contribution in [0.4, 0.5) is 0 Å². The highest BCUT2D eigenvalue weighted by atomic mass is 32.2. The summed E-state index contributed by atoms with van der Waals surface area (Å²) in [6.45, 7) is 2.66. The highest BCUT2D eigenvalue weighted by Crippen LogP contribution is 2.23. The molecule has 0 radical (unpaired) electrons. The Morgan fingerprint density at radius 3 is 2.08 bits per heavy atom. The molecule has 1 N–H and O–H groups in total. The van der Waals surface area contributed by atoms with Crippen LogP contribution in [0.25, 0.3) is 0 Å². The number of hydrogen-bond donors (Lipinski definition) is 1. The lowest BCUT2D eigenvalue weighted by Gasteiger charge is -2.30. The number of nitrogens with zero attached hydrogens (tertiary/aromatic N) is 1. The van der Waals surface area contributed by atoms with Crippen molar-refractivity contribution in [3.8, 4) is 0 Å². The van der Waals surface area contributed by atoms with Crippen LogP contribution in [0.5, 0.6) is 0 Å². The molecular formula is C17H26N2O5S2. The molecule has 1 aromatic rings. The summed E-state index contributed by atoms with van der Waals surface area (Å²) in [6.07, 6.45) is 4.02. The first kappa shape index (κ1) is 20.9. The Morgan fingerprint density at radius 1 is 1.12 bits per heavy atom. The van der Waals surface area contributed by atoms with Crippen LogP contribution in [0.3, 0.4) is 0 Å². The van der Waals surface area contributed by atoms with Crippen molar-refractivity contribution in [1.29, 1.82) is 0 Å². The summed E-state index contributed by atoms with van der Waals surface area (Å²) in [4.78, 5) is 12.8. The van der Waals surface area contributed by atoms with Crippen LogP contribution in [0, 0.1) is 5.92 Å². The molecule has 1 saturated heterocycles. The number of nitrogens with one attached hydrogen (secondary N) is 1. The standard InChI is InChI=1S/C17H26N2O5S2/c1-4-16(13-5-7-15(8-6-13)25(2,21)22)18-17(20)14-9-11-19(12-10-14)26(3,23)24/h5-8,14,16H,4,9-12H2,1-3H3,(H,18,20)/t16-/m1/s1. The molecule has 26 heavy (non-hydrogen) atoms. The molecule has 1 atom stereocenters. The highest BCUT2D eigenvalue weighted by molar-refractivity contribution is 7.90. The predicted octanol–water partition coefficient (Wildman–Crippen LogP) is 1.33. The molecule has 1 aliphatic heterocycles. The molecule has 0 saturated carbocycles. The van der Waals surface area contributed by atoms with Crippen LogP contribution in [0.15, 0.2) is 29.2 Å². The largest absolute Gasteiger partial charge is 0.349 e. The van der Waals surface area contributed by atoms with Gasteiger partial charge < -0.3 is 5.32 Å². The number of benzene rings is 1. The summed E-state index contributed by atoms with van der Waals surface area (Å²) >= 11 is 0. The van der Waals surface area contributed by atoms with Gasteiger partial charge in [0.05, 0.1) is 17.2 Å². The van der Waals surface area contributed by atoms with Crippen LogP contribution in [-0.4, -0.2) is 52.6 Å². The fourth-order valence-corrected chi connectivity index (χ4v) is 4.61. The van der Waals surface area contributed by atoms with Crippen LogP contribution in [0.2, 0.25) is 0 Å². The Labute approximate surface area is 155 Å². The minimum Gasteiger partial charge on any atom is -0.349 e. The average molecular weight is 403 g/mol. The van der Waals surface area contributed by atoms with Gasteiger partial charge in [-0.3, -0.25) is 4.79 Å². The summed E-state index contributed by atoms with van der Waals surface area (Å²) in [7, 11) is -6.46. The van der Waals surface area contributed by atoms with E-state index < -0.39 is 19.9 Å². The molecule has 9 heteroatoms. The van der Waals surface area contributed by atoms with E-state index in [4.69, 9.17) is 0 Å². The quantitative estimate of drug-likeness (QED) is 0.774. The van der Waals surface area contributed by atoms with Crippen LogP contribution >= 0.6 is 0 Å². The van der Waals surface area contributed by atoms with Gasteiger partial charge in [-0.05, 0) is 37.0 Å². The van der Waals surface area contributed by atoms with Crippen molar-refractivity contribution in [1.82, 2.24) is 9.62 Å². The molecule has 0 unspecified atom stereocenters. The van der Waals surface area contributed by atoms with Gasteiger partial charge in [0, 0.05) is 25.3 Å². The van der Waals surface area contributed by atoms with E-state index >= 15 is 0 Å². The molecule has 1 aliphatic rings. The lowest BCUT2D eigenvalue weighted by Crippen LogP contribution is -2.43. The zero-order valence-electron chi connectivity index (χ0n) is 15.3. The second-order valence-corrected chi connectivity index (χ2v) is 10.7. The van der Waals surface area contributed by atoms with Crippen LogP contribution in [0.1, 0.15) is 37.8 Å². The molecule has 0 bridgehead atoms. The highest BCUT2D eigenvalue weighted by Gasteiger charge is 2.29. The Morgan fingerprint density at radius 2 is 1.65 bits per heavy atom. The van der Waals surface area contributed by atoms with E-state index in [0.29, 0.717) is 32.4 Å². The topological polar surface area (TPSA) is 101 Å². The maximum atomic E-state index is 12.5. The number of amides is 1. The second kappa shape index (κ2) is 8.06. The molecule has 1 fully saturated rings. The molecule has 2 rings (SSSR count). The van der Waals surface area contributed by atoms with Gasteiger partial charge in [-0.1, -0.05) is 19.1 Å². The maximum absolute atomic E-state index is 12.5. The molecule has 1 aromatic carbocycles. The van der Waals surface area contributed by atoms with Crippen LogP contribution < -0.4 is 5.32 Å². The molecule has 1 amide bonds. The first-order chi connectivity index (χ1) is 12.0. The average Bonchev–Trinajstić information content (AvgIpc) is 2.58. The third-order valence-electron chi connectivity index (χ3n) is 4.73. The first-order valence-corrected chi connectivity index (χ1v) is 12.3. The van der Waals surface area contributed by atoms with Crippen molar-refractivity contribution in [2.45, 2.75) is 37.1 Å². The van der Waals surface area contributed by atoms with Gasteiger partial charge in [0.2, 0.25) is 15.9 Å². The number of piperidine rings is 1. The number of sulfone groups is 1. The fourth-order valence-electron chi connectivity index (χ4n) is 3.11. The van der Waals surface area contributed by atoms with Crippen LogP contribution in [-0.2, 0) is 24.7 Å². The number of rotatable bonds is 6. The Hall–Kier alpha value is -1.45. The number of carbonyl (C=O) groups excluding carboxylic acids is 1. The van der Waals surface area contributed by atoms with E-state index in [1.54, 1.807) is 24.3 Å². The van der Waals surface area contributed by atoms with Gasteiger partial charge in [0.25, 0.3) is 0 Å². The van der Waals surface area contributed by atoms with Crippen molar-refractivity contribution < 1.29 is 21.6 Å². The summed E-state index contributed by atoms with van der Waals surface area (Å²) < 4.78 is 47.6. The van der Waals surface area contributed by atoms with E-state index in [-0.39, 0.29) is 22.8 Å². The molecule has 146 valence electrons. The third-order valence-corrected chi connectivity index (χ3v) is 7.16. The number of carbonyl (C=O) groups is 1. The van der Waals surface area contributed by atoms with Gasteiger partial charge in [0.1, 0.15) is 0 Å². The predicted molar refractivity (Wildman–Crippen MR) is 99.9 cm³/mol. The van der Waals surface area contributed by atoms with Crippen molar-refractivity contribution in [3.05, 3.63) is 29.8 Å². The van der Waals surface area contributed by atoms with Gasteiger partial charge in [-0.25, -0.2) is 21.1 Å². The van der Waals surface area contributed by atoms with Crippen molar-refractivity contribution in [2.75, 3.05) is 25.6 Å². The molecule has 1 heterocycles. The summed E-state index contributed by atoms with van der Waals surface area (Å²) in [5.74, 6) is -0.297. The summed E-state index contributed by atoms with van der Waals surface area (Å²) in [5.41, 5.74) is 0.849. The van der Waals surface area contributed by atoms with E-state index in [1.807, 2.05) is 6.92 Å². The van der Waals surface area contributed by atoms with E-state index in [1.165, 1.54) is 10.6 Å². The zero-order chi connectivity index (χ0) is 19.5. The molecule has 7 nitrogen and oxygen atoms in total. The van der Waals surface area contributed by atoms with Gasteiger partial charge >= 0.3 is 0 Å². The molecule has 0 aliphatic carbocycles. The first-order valence-electron chi connectivity index (χ1n) is 8.58.